The van der Waals surface area contributed by atoms with Gasteiger partial charge >= 0.3 is 0 Å². The molecule has 2 aromatic heterocycles. The maximum absolute atomic E-state index is 11.9. The number of hydrogen-bond acceptors (Lipinski definition) is 4. The highest BCUT2D eigenvalue weighted by Crippen LogP contribution is 2.33. The number of anilines is 1. The molecule has 20 heavy (non-hydrogen) atoms. The van der Waals surface area contributed by atoms with Crippen LogP contribution in [-0.4, -0.2) is 21.1 Å². The van der Waals surface area contributed by atoms with Crippen molar-refractivity contribution in [2.45, 2.75) is 44.9 Å². The van der Waals surface area contributed by atoms with E-state index in [-0.39, 0.29) is 5.91 Å². The molecular weight excluding hydrogens is 272 g/mol. The van der Waals surface area contributed by atoms with Gasteiger partial charge in [-0.1, -0.05) is 12.8 Å². The summed E-state index contributed by atoms with van der Waals surface area (Å²) in [5.74, 6) is 1.12. The molecule has 2 N–H and O–H groups in total. The second-order valence-corrected chi connectivity index (χ2v) is 6.33. The fraction of sp³-hybridized carbons (Fsp3) is 0.500. The maximum Gasteiger partial charge on any atom is 0.231 e. The molecule has 5 nitrogen and oxygen atoms in total. The van der Waals surface area contributed by atoms with Crippen LogP contribution in [0.2, 0.25) is 0 Å². The van der Waals surface area contributed by atoms with E-state index in [2.05, 4.69) is 20.5 Å². The zero-order chi connectivity index (χ0) is 13.9. The summed E-state index contributed by atoms with van der Waals surface area (Å²) < 4.78 is 0. The third-order valence-electron chi connectivity index (χ3n) is 3.67. The van der Waals surface area contributed by atoms with Crippen molar-refractivity contribution >= 4 is 23.1 Å². The number of amides is 1. The smallest absolute Gasteiger partial charge is 0.231 e. The Morgan fingerprint density at radius 3 is 3.00 bits per heavy atom. The summed E-state index contributed by atoms with van der Waals surface area (Å²) in [6.45, 7) is 1.94. The highest BCUT2D eigenvalue weighted by atomic mass is 32.1. The van der Waals surface area contributed by atoms with Crippen LogP contribution in [0, 0.1) is 6.92 Å². The van der Waals surface area contributed by atoms with Crippen LogP contribution in [0.1, 0.15) is 48.0 Å². The number of nitrogens with zero attached hydrogens (tertiary/aromatic N) is 2. The van der Waals surface area contributed by atoms with Gasteiger partial charge in [0.2, 0.25) is 5.91 Å². The fourth-order valence-electron chi connectivity index (χ4n) is 2.69. The SMILES string of the molecule is Cc1nc(CC(=O)Nc2cc(C3CCCC3)[nH]n2)cs1. The van der Waals surface area contributed by atoms with E-state index in [0.717, 1.165) is 16.4 Å². The van der Waals surface area contributed by atoms with Crippen molar-refractivity contribution in [3.63, 3.8) is 0 Å². The van der Waals surface area contributed by atoms with Gasteiger partial charge in [-0.3, -0.25) is 9.89 Å². The second kappa shape index (κ2) is 5.75. The predicted molar refractivity (Wildman–Crippen MR) is 79.0 cm³/mol. The van der Waals surface area contributed by atoms with Gasteiger partial charge in [-0.15, -0.1) is 11.3 Å². The summed E-state index contributed by atoms with van der Waals surface area (Å²) in [4.78, 5) is 16.2. The van der Waals surface area contributed by atoms with Crippen molar-refractivity contribution < 1.29 is 4.79 Å². The van der Waals surface area contributed by atoms with Crippen molar-refractivity contribution in [1.29, 1.82) is 0 Å². The van der Waals surface area contributed by atoms with Crippen LogP contribution in [0.5, 0.6) is 0 Å². The molecule has 3 rings (SSSR count). The lowest BCUT2D eigenvalue weighted by molar-refractivity contribution is -0.115. The van der Waals surface area contributed by atoms with E-state index in [9.17, 15) is 4.79 Å². The maximum atomic E-state index is 11.9. The van der Waals surface area contributed by atoms with Gasteiger partial charge < -0.3 is 5.32 Å². The Bertz CT molecular complexity index is 598. The van der Waals surface area contributed by atoms with Crippen LogP contribution in [0.4, 0.5) is 5.82 Å². The van der Waals surface area contributed by atoms with E-state index in [1.807, 2.05) is 18.4 Å². The average molecular weight is 290 g/mol. The van der Waals surface area contributed by atoms with Gasteiger partial charge in [0.25, 0.3) is 0 Å². The average Bonchev–Trinajstić information content (AvgIpc) is 3.10. The summed E-state index contributed by atoms with van der Waals surface area (Å²) in [6, 6.07) is 1.96. The summed E-state index contributed by atoms with van der Waals surface area (Å²) in [5, 5.41) is 12.9. The number of rotatable bonds is 4. The van der Waals surface area contributed by atoms with Crippen molar-refractivity contribution in [3.05, 3.63) is 27.8 Å². The van der Waals surface area contributed by atoms with Crippen molar-refractivity contribution in [2.75, 3.05) is 5.32 Å². The van der Waals surface area contributed by atoms with Crippen LogP contribution >= 0.6 is 11.3 Å². The number of carbonyl (C=O) groups excluding carboxylic acids is 1. The quantitative estimate of drug-likeness (QED) is 0.909. The molecule has 0 bridgehead atoms. The number of H-pyrrole nitrogens is 1. The molecule has 0 unspecified atom stereocenters. The Kier molecular flexibility index (Phi) is 3.82. The molecule has 1 aliphatic rings. The first kappa shape index (κ1) is 13.3. The third kappa shape index (κ3) is 3.07. The van der Waals surface area contributed by atoms with E-state index < -0.39 is 0 Å². The molecule has 106 valence electrons. The summed E-state index contributed by atoms with van der Waals surface area (Å²) in [6.07, 6.45) is 5.31. The van der Waals surface area contributed by atoms with Gasteiger partial charge in [-0.25, -0.2) is 4.98 Å². The Morgan fingerprint density at radius 1 is 1.50 bits per heavy atom. The molecule has 1 amide bonds. The van der Waals surface area contributed by atoms with Gasteiger partial charge in [0.1, 0.15) is 0 Å². The van der Waals surface area contributed by atoms with E-state index in [0.29, 0.717) is 18.2 Å². The normalized spacial score (nSPS) is 15.7. The molecule has 1 aliphatic carbocycles. The number of aromatic amines is 1. The number of aromatic nitrogens is 3. The minimum absolute atomic E-state index is 0.0697. The van der Waals surface area contributed by atoms with E-state index in [1.54, 1.807) is 11.3 Å². The predicted octanol–water partition coefficient (Wildman–Crippen LogP) is 3.01. The van der Waals surface area contributed by atoms with Gasteiger partial charge in [0, 0.05) is 23.1 Å². The first-order valence-electron chi connectivity index (χ1n) is 6.97. The van der Waals surface area contributed by atoms with Crippen LogP contribution in [-0.2, 0) is 11.2 Å². The largest absolute Gasteiger partial charge is 0.309 e. The zero-order valence-electron chi connectivity index (χ0n) is 11.5. The Balaban J connectivity index is 1.58. The van der Waals surface area contributed by atoms with Gasteiger partial charge in [-0.2, -0.15) is 5.10 Å². The first-order valence-corrected chi connectivity index (χ1v) is 7.85. The molecule has 0 saturated heterocycles. The van der Waals surface area contributed by atoms with E-state index in [4.69, 9.17) is 0 Å². The van der Waals surface area contributed by atoms with Gasteiger partial charge in [-0.05, 0) is 19.8 Å². The molecule has 0 radical (unpaired) electrons. The lowest BCUT2D eigenvalue weighted by atomic mass is 10.0. The van der Waals surface area contributed by atoms with E-state index >= 15 is 0 Å². The van der Waals surface area contributed by atoms with Gasteiger partial charge in [0.05, 0.1) is 17.1 Å². The molecule has 0 spiro atoms. The van der Waals surface area contributed by atoms with E-state index in [1.165, 1.54) is 25.7 Å². The standard InChI is InChI=1S/C14H18N4OS/c1-9-15-11(8-20-9)6-14(19)16-13-7-12(17-18-13)10-4-2-3-5-10/h7-8,10H,2-6H2,1H3,(H2,16,17,18,19). The number of aryl methyl sites for hydroxylation is 1. The molecule has 1 fully saturated rings. The van der Waals surface area contributed by atoms with Crippen LogP contribution in [0.25, 0.3) is 0 Å². The van der Waals surface area contributed by atoms with Crippen molar-refractivity contribution in [2.24, 2.45) is 0 Å². The minimum Gasteiger partial charge on any atom is -0.309 e. The highest BCUT2D eigenvalue weighted by molar-refractivity contribution is 7.09. The Labute approximate surface area is 121 Å². The number of carbonyl (C=O) groups is 1. The summed E-state index contributed by atoms with van der Waals surface area (Å²) in [7, 11) is 0. The van der Waals surface area contributed by atoms with Crippen LogP contribution in [0.3, 0.4) is 0 Å². The molecule has 0 aliphatic heterocycles. The monoisotopic (exact) mass is 290 g/mol. The first-order chi connectivity index (χ1) is 9.70. The lowest BCUT2D eigenvalue weighted by Crippen LogP contribution is -2.14. The van der Waals surface area contributed by atoms with Crippen LogP contribution in [0.15, 0.2) is 11.4 Å². The zero-order valence-corrected chi connectivity index (χ0v) is 12.3. The van der Waals surface area contributed by atoms with Gasteiger partial charge in [0.15, 0.2) is 5.82 Å². The third-order valence-corrected chi connectivity index (χ3v) is 4.49. The molecule has 1 saturated carbocycles. The molecule has 2 heterocycles. The number of thiazole rings is 1. The fourth-order valence-corrected chi connectivity index (χ4v) is 3.30. The van der Waals surface area contributed by atoms with Crippen molar-refractivity contribution in [3.8, 4) is 0 Å². The lowest BCUT2D eigenvalue weighted by Gasteiger charge is -2.03. The summed E-state index contributed by atoms with van der Waals surface area (Å²) >= 11 is 1.56. The minimum atomic E-state index is -0.0697. The number of nitrogens with one attached hydrogen (secondary N) is 2. The number of hydrogen-bond donors (Lipinski definition) is 2. The highest BCUT2D eigenvalue weighted by Gasteiger charge is 2.19. The van der Waals surface area contributed by atoms with Crippen molar-refractivity contribution in [1.82, 2.24) is 15.2 Å². The topological polar surface area (TPSA) is 70.7 Å². The second-order valence-electron chi connectivity index (χ2n) is 5.27. The molecule has 6 heteroatoms. The molecular formula is C14H18N4OS. The molecule has 0 atom stereocenters. The molecule has 0 aromatic carbocycles. The summed E-state index contributed by atoms with van der Waals surface area (Å²) in [5.41, 5.74) is 1.96. The molecule has 2 aromatic rings. The Hall–Kier alpha value is -1.69. The Morgan fingerprint density at radius 2 is 2.30 bits per heavy atom. The van der Waals surface area contributed by atoms with Crippen LogP contribution < -0.4 is 5.32 Å².